The minimum Gasteiger partial charge on any atom is -0.394 e. The Hall–Kier alpha value is -0.940. The van der Waals surface area contributed by atoms with Crippen molar-refractivity contribution in [1.82, 2.24) is 0 Å². The molecule has 0 aromatic rings. The first-order chi connectivity index (χ1) is 13.6. The Labute approximate surface area is 172 Å². The first-order valence-electron chi connectivity index (χ1n) is 10.3. The standard InChI is InChI=1S/C20H38O9/c1-3-5-7-9-18(26,13-22)16(24)20(28,15-29-12-11-21)17(25)19(27,14-23)10-8-6-4-2/h21-23,26-28H,3-15H2,1-2H3. The smallest absolute Gasteiger partial charge is 0.211 e. The lowest BCUT2D eigenvalue weighted by atomic mass is 9.74. The van der Waals surface area contributed by atoms with Gasteiger partial charge in [-0.1, -0.05) is 52.4 Å². The number of Topliss-reactive ketones (excluding diaryl/α,β-unsaturated/α-hetero) is 2. The van der Waals surface area contributed by atoms with Crippen LogP contribution >= 0.6 is 0 Å². The summed E-state index contributed by atoms with van der Waals surface area (Å²) < 4.78 is 4.99. The Morgan fingerprint density at radius 2 is 1.17 bits per heavy atom. The van der Waals surface area contributed by atoms with E-state index in [0.717, 1.165) is 12.8 Å². The van der Waals surface area contributed by atoms with Gasteiger partial charge in [0.05, 0.1) is 33.0 Å². The molecule has 29 heavy (non-hydrogen) atoms. The number of hydrogen-bond acceptors (Lipinski definition) is 9. The molecule has 9 heteroatoms. The molecular formula is C20H38O9. The van der Waals surface area contributed by atoms with E-state index in [0.29, 0.717) is 25.7 Å². The Morgan fingerprint density at radius 3 is 1.48 bits per heavy atom. The van der Waals surface area contributed by atoms with Gasteiger partial charge in [0.15, 0.2) is 0 Å². The van der Waals surface area contributed by atoms with Crippen LogP contribution in [0, 0.1) is 0 Å². The largest absolute Gasteiger partial charge is 0.394 e. The van der Waals surface area contributed by atoms with E-state index in [2.05, 4.69) is 0 Å². The molecule has 0 rings (SSSR count). The molecule has 0 saturated carbocycles. The molecule has 0 aromatic heterocycles. The SMILES string of the molecule is CCCCCC(O)(CO)C(=O)C(O)(COCCO)C(=O)C(O)(CO)CCCCC. The number of unbranched alkanes of at least 4 members (excludes halogenated alkanes) is 4. The minimum absolute atomic E-state index is 0.195. The predicted octanol–water partition coefficient (Wildman–Crippen LogP) is -0.528. The maximum Gasteiger partial charge on any atom is 0.211 e. The van der Waals surface area contributed by atoms with Gasteiger partial charge in [0.25, 0.3) is 0 Å². The van der Waals surface area contributed by atoms with Gasteiger partial charge >= 0.3 is 0 Å². The molecule has 6 N–H and O–H groups in total. The number of carbonyl (C=O) groups excluding carboxylic acids is 2. The highest BCUT2D eigenvalue weighted by Gasteiger charge is 2.58. The third-order valence-corrected chi connectivity index (χ3v) is 5.05. The van der Waals surface area contributed by atoms with Crippen molar-refractivity contribution in [3.05, 3.63) is 0 Å². The second kappa shape index (κ2) is 13.4. The molecular weight excluding hydrogens is 384 g/mol. The van der Waals surface area contributed by atoms with Crippen LogP contribution in [-0.4, -0.2) is 92.0 Å². The van der Waals surface area contributed by atoms with Crippen molar-refractivity contribution >= 4 is 11.6 Å². The van der Waals surface area contributed by atoms with Gasteiger partial charge < -0.3 is 35.4 Å². The van der Waals surface area contributed by atoms with Crippen molar-refractivity contribution in [2.75, 3.05) is 33.0 Å². The van der Waals surface area contributed by atoms with Crippen LogP contribution in [0.1, 0.15) is 65.2 Å². The summed E-state index contributed by atoms with van der Waals surface area (Å²) in [6.07, 6.45) is 3.20. The van der Waals surface area contributed by atoms with E-state index < -0.39 is 54.8 Å². The number of ketones is 2. The Balaban J connectivity index is 5.88. The third kappa shape index (κ3) is 7.67. The number of carbonyl (C=O) groups is 2. The molecule has 172 valence electrons. The van der Waals surface area contributed by atoms with E-state index in [1.54, 1.807) is 0 Å². The zero-order valence-corrected chi connectivity index (χ0v) is 17.6. The van der Waals surface area contributed by atoms with Crippen LogP contribution in [0.15, 0.2) is 0 Å². The van der Waals surface area contributed by atoms with Crippen LogP contribution in [0.3, 0.4) is 0 Å². The quantitative estimate of drug-likeness (QED) is 0.126. The van der Waals surface area contributed by atoms with Crippen molar-refractivity contribution in [1.29, 1.82) is 0 Å². The van der Waals surface area contributed by atoms with Gasteiger partial charge in [0.2, 0.25) is 17.2 Å². The summed E-state index contributed by atoms with van der Waals surface area (Å²) in [6.45, 7) is 0.0677. The number of rotatable bonds is 18. The van der Waals surface area contributed by atoms with Crippen LogP contribution < -0.4 is 0 Å². The second-order valence-corrected chi connectivity index (χ2v) is 7.59. The van der Waals surface area contributed by atoms with Gasteiger partial charge in [0, 0.05) is 0 Å². The van der Waals surface area contributed by atoms with Crippen molar-refractivity contribution in [2.45, 2.75) is 82.0 Å². The molecule has 9 nitrogen and oxygen atoms in total. The molecule has 0 aromatic carbocycles. The van der Waals surface area contributed by atoms with E-state index in [4.69, 9.17) is 9.84 Å². The van der Waals surface area contributed by atoms with Crippen LogP contribution in [0.2, 0.25) is 0 Å². The van der Waals surface area contributed by atoms with Gasteiger partial charge in [-0.25, -0.2) is 0 Å². The number of hydrogen-bond donors (Lipinski definition) is 6. The van der Waals surface area contributed by atoms with Gasteiger partial charge in [0.1, 0.15) is 11.2 Å². The van der Waals surface area contributed by atoms with Crippen LogP contribution in [0.5, 0.6) is 0 Å². The van der Waals surface area contributed by atoms with Crippen molar-refractivity contribution < 1.29 is 45.0 Å². The Bertz CT molecular complexity index is 460. The van der Waals surface area contributed by atoms with E-state index in [1.807, 2.05) is 13.8 Å². The van der Waals surface area contributed by atoms with E-state index >= 15 is 0 Å². The predicted molar refractivity (Wildman–Crippen MR) is 105 cm³/mol. The highest BCUT2D eigenvalue weighted by molar-refractivity contribution is 6.16. The summed E-state index contributed by atoms with van der Waals surface area (Å²) in [5, 5.41) is 60.4. The lowest BCUT2D eigenvalue weighted by Gasteiger charge is -2.38. The maximum atomic E-state index is 13.0. The zero-order valence-electron chi connectivity index (χ0n) is 17.6. The number of ether oxygens (including phenoxy) is 1. The van der Waals surface area contributed by atoms with Gasteiger partial charge in [-0.2, -0.15) is 0 Å². The van der Waals surface area contributed by atoms with Gasteiger partial charge in [-0.15, -0.1) is 0 Å². The second-order valence-electron chi connectivity index (χ2n) is 7.59. The topological polar surface area (TPSA) is 165 Å². The molecule has 2 atom stereocenters. The molecule has 0 spiro atoms. The number of aliphatic hydroxyl groups excluding tert-OH is 3. The molecule has 0 amide bonds. The maximum absolute atomic E-state index is 13.0. The minimum atomic E-state index is -3.00. The van der Waals surface area contributed by atoms with Gasteiger partial charge in [-0.05, 0) is 12.8 Å². The summed E-state index contributed by atoms with van der Waals surface area (Å²) >= 11 is 0. The molecule has 0 heterocycles. The average molecular weight is 423 g/mol. The summed E-state index contributed by atoms with van der Waals surface area (Å²) in [7, 11) is 0. The first-order valence-corrected chi connectivity index (χ1v) is 10.3. The molecule has 0 radical (unpaired) electrons. The van der Waals surface area contributed by atoms with Crippen molar-refractivity contribution in [2.24, 2.45) is 0 Å². The lowest BCUT2D eigenvalue weighted by molar-refractivity contribution is -0.185. The van der Waals surface area contributed by atoms with Gasteiger partial charge in [-0.3, -0.25) is 9.59 Å². The molecule has 0 saturated heterocycles. The lowest BCUT2D eigenvalue weighted by Crippen LogP contribution is -2.66. The zero-order chi connectivity index (χ0) is 22.6. The fraction of sp³-hybridized carbons (Fsp3) is 0.900. The average Bonchev–Trinajstić information content (AvgIpc) is 2.72. The van der Waals surface area contributed by atoms with Crippen LogP contribution in [0.25, 0.3) is 0 Å². The highest BCUT2D eigenvalue weighted by atomic mass is 16.5. The molecule has 0 bridgehead atoms. The molecule has 0 aliphatic rings. The third-order valence-electron chi connectivity index (χ3n) is 5.05. The summed E-state index contributed by atoms with van der Waals surface area (Å²) in [5.74, 6) is -2.79. The fourth-order valence-electron chi connectivity index (χ4n) is 3.15. The highest BCUT2D eigenvalue weighted by Crippen LogP contribution is 2.29. The Morgan fingerprint density at radius 1 is 0.759 bits per heavy atom. The normalized spacial score (nSPS) is 17.9. The van der Waals surface area contributed by atoms with E-state index in [1.165, 1.54) is 0 Å². The molecule has 0 aliphatic carbocycles. The summed E-state index contributed by atoms with van der Waals surface area (Å²) in [4.78, 5) is 26.0. The first kappa shape index (κ1) is 28.1. The Kier molecular flexibility index (Phi) is 12.9. The molecule has 2 unspecified atom stereocenters. The van der Waals surface area contributed by atoms with Crippen molar-refractivity contribution in [3.63, 3.8) is 0 Å². The van der Waals surface area contributed by atoms with E-state index in [-0.39, 0.29) is 19.4 Å². The van der Waals surface area contributed by atoms with Crippen LogP contribution in [0.4, 0.5) is 0 Å². The monoisotopic (exact) mass is 422 g/mol. The number of aliphatic hydroxyl groups is 6. The molecule has 0 fully saturated rings. The summed E-state index contributed by atoms with van der Waals surface area (Å²) in [5.41, 5.74) is -7.83. The summed E-state index contributed by atoms with van der Waals surface area (Å²) in [6, 6.07) is 0. The fourth-order valence-corrected chi connectivity index (χ4v) is 3.15. The van der Waals surface area contributed by atoms with Crippen LogP contribution in [-0.2, 0) is 14.3 Å². The molecule has 0 aliphatic heterocycles. The van der Waals surface area contributed by atoms with Crippen molar-refractivity contribution in [3.8, 4) is 0 Å². The van der Waals surface area contributed by atoms with E-state index in [9.17, 15) is 35.1 Å².